The Morgan fingerprint density at radius 2 is 1.88 bits per heavy atom. The Hall–Kier alpha value is -2.33. The molecule has 1 fully saturated rings. The number of aromatic nitrogens is 2. The highest BCUT2D eigenvalue weighted by molar-refractivity contribution is 6.35. The van der Waals surface area contributed by atoms with Gasteiger partial charge in [-0.3, -0.25) is 9.97 Å². The summed E-state index contributed by atoms with van der Waals surface area (Å²) in [7, 11) is 0. The number of para-hydroxylation sites is 1. The van der Waals surface area contributed by atoms with E-state index in [1.54, 1.807) is 0 Å². The maximum absolute atomic E-state index is 6.30. The lowest BCUT2D eigenvalue weighted by molar-refractivity contribution is 0.551. The molecule has 4 nitrogen and oxygen atoms in total. The second-order valence-electron chi connectivity index (χ2n) is 6.16. The van der Waals surface area contributed by atoms with Gasteiger partial charge in [0, 0.05) is 61.0 Å². The molecule has 24 heavy (non-hydrogen) atoms. The van der Waals surface area contributed by atoms with Crippen molar-refractivity contribution in [2.24, 2.45) is 0 Å². The summed E-state index contributed by atoms with van der Waals surface area (Å²) in [6.07, 6.45) is 5.56. The molecule has 122 valence electrons. The molecule has 0 saturated carbocycles. The highest BCUT2D eigenvalue weighted by atomic mass is 35.5. The van der Waals surface area contributed by atoms with E-state index in [9.17, 15) is 0 Å². The predicted octanol–water partition coefficient (Wildman–Crippen LogP) is 4.00. The lowest BCUT2D eigenvalue weighted by Crippen LogP contribution is -2.52. The number of benzene rings is 1. The van der Waals surface area contributed by atoms with Gasteiger partial charge >= 0.3 is 0 Å². The van der Waals surface area contributed by atoms with Crippen molar-refractivity contribution in [3.8, 4) is 0 Å². The molecule has 1 aliphatic rings. The first-order valence-corrected chi connectivity index (χ1v) is 8.56. The van der Waals surface area contributed by atoms with Crippen LogP contribution in [0, 0.1) is 0 Å². The molecule has 2 aromatic heterocycles. The van der Waals surface area contributed by atoms with Crippen LogP contribution in [0.3, 0.4) is 0 Å². The van der Waals surface area contributed by atoms with Crippen molar-refractivity contribution in [3.05, 3.63) is 60.0 Å². The fourth-order valence-electron chi connectivity index (χ4n) is 3.50. The van der Waals surface area contributed by atoms with Crippen LogP contribution < -0.4 is 9.80 Å². The first-order valence-electron chi connectivity index (χ1n) is 8.19. The minimum atomic E-state index is 0.420. The second-order valence-corrected chi connectivity index (χ2v) is 6.57. The van der Waals surface area contributed by atoms with Gasteiger partial charge in [-0.25, -0.2) is 0 Å². The van der Waals surface area contributed by atoms with Crippen molar-refractivity contribution in [2.45, 2.75) is 13.0 Å². The van der Waals surface area contributed by atoms with Crippen LogP contribution in [-0.4, -0.2) is 35.6 Å². The fourth-order valence-corrected chi connectivity index (χ4v) is 3.72. The van der Waals surface area contributed by atoms with E-state index >= 15 is 0 Å². The van der Waals surface area contributed by atoms with Gasteiger partial charge in [-0.1, -0.05) is 23.7 Å². The first kappa shape index (κ1) is 15.2. The fraction of sp³-hybridized carbons (Fsp3) is 0.263. The number of halogens is 1. The first-order chi connectivity index (χ1) is 11.7. The Kier molecular flexibility index (Phi) is 3.98. The predicted molar refractivity (Wildman–Crippen MR) is 100 cm³/mol. The quantitative estimate of drug-likeness (QED) is 0.707. The summed E-state index contributed by atoms with van der Waals surface area (Å²) in [5.74, 6) is 0. The molecule has 5 heteroatoms. The number of fused-ring (bicyclic) bond motifs is 1. The molecule has 1 aromatic carbocycles. The molecule has 4 rings (SSSR count). The van der Waals surface area contributed by atoms with Crippen LogP contribution in [0.5, 0.6) is 0 Å². The molecule has 0 amide bonds. The van der Waals surface area contributed by atoms with E-state index in [2.05, 4.69) is 51.0 Å². The molecule has 3 aromatic rings. The van der Waals surface area contributed by atoms with Gasteiger partial charge < -0.3 is 9.80 Å². The van der Waals surface area contributed by atoms with Gasteiger partial charge in [0.25, 0.3) is 0 Å². The standard InChI is InChI=1S/C19H19ClN4/c1-14-13-23(11-12-24(14)15-5-8-21-9-6-15)18-7-10-22-19-16(18)3-2-4-17(19)20/h2-10,14H,11-13H2,1H3. The lowest BCUT2D eigenvalue weighted by atomic mass is 10.1. The van der Waals surface area contributed by atoms with E-state index in [1.165, 1.54) is 11.4 Å². The normalized spacial score (nSPS) is 18.2. The Bertz CT molecular complexity index is 852. The highest BCUT2D eigenvalue weighted by Gasteiger charge is 2.25. The van der Waals surface area contributed by atoms with Crippen molar-refractivity contribution >= 4 is 33.9 Å². The largest absolute Gasteiger partial charge is 0.367 e. The van der Waals surface area contributed by atoms with Crippen molar-refractivity contribution in [1.29, 1.82) is 0 Å². The molecule has 0 bridgehead atoms. The van der Waals surface area contributed by atoms with E-state index < -0.39 is 0 Å². The minimum absolute atomic E-state index is 0.420. The van der Waals surface area contributed by atoms with Gasteiger partial charge in [-0.15, -0.1) is 0 Å². The number of pyridine rings is 2. The van der Waals surface area contributed by atoms with Crippen LogP contribution in [0.2, 0.25) is 5.02 Å². The molecule has 1 aliphatic heterocycles. The average Bonchev–Trinajstić information content (AvgIpc) is 2.62. The lowest BCUT2D eigenvalue weighted by Gasteiger charge is -2.42. The van der Waals surface area contributed by atoms with Crippen LogP contribution in [0.15, 0.2) is 55.0 Å². The molecular weight excluding hydrogens is 320 g/mol. The Morgan fingerprint density at radius 3 is 2.67 bits per heavy atom. The Balaban J connectivity index is 1.63. The minimum Gasteiger partial charge on any atom is -0.367 e. The van der Waals surface area contributed by atoms with Gasteiger partial charge in [0.05, 0.1) is 10.5 Å². The number of hydrogen-bond donors (Lipinski definition) is 0. The zero-order chi connectivity index (χ0) is 16.5. The Labute approximate surface area is 146 Å². The third-order valence-corrected chi connectivity index (χ3v) is 4.97. The van der Waals surface area contributed by atoms with Crippen LogP contribution in [-0.2, 0) is 0 Å². The summed E-state index contributed by atoms with van der Waals surface area (Å²) in [6.45, 7) is 5.19. The number of hydrogen-bond acceptors (Lipinski definition) is 4. The van der Waals surface area contributed by atoms with Crippen molar-refractivity contribution in [2.75, 3.05) is 29.4 Å². The summed E-state index contributed by atoms with van der Waals surface area (Å²) < 4.78 is 0. The zero-order valence-electron chi connectivity index (χ0n) is 13.6. The topological polar surface area (TPSA) is 32.3 Å². The van der Waals surface area contributed by atoms with Gasteiger partial charge in [0.2, 0.25) is 0 Å². The molecular formula is C19H19ClN4. The Morgan fingerprint density at radius 1 is 1.04 bits per heavy atom. The van der Waals surface area contributed by atoms with Gasteiger partial charge in [-0.2, -0.15) is 0 Å². The summed E-state index contributed by atoms with van der Waals surface area (Å²) in [5, 5.41) is 1.83. The molecule has 0 N–H and O–H groups in total. The van der Waals surface area contributed by atoms with E-state index in [4.69, 9.17) is 11.6 Å². The smallest absolute Gasteiger partial charge is 0.0908 e. The molecule has 0 aliphatic carbocycles. The van der Waals surface area contributed by atoms with Gasteiger partial charge in [-0.05, 0) is 31.2 Å². The van der Waals surface area contributed by atoms with Crippen LogP contribution in [0.25, 0.3) is 10.9 Å². The zero-order valence-corrected chi connectivity index (χ0v) is 14.3. The maximum Gasteiger partial charge on any atom is 0.0908 e. The highest BCUT2D eigenvalue weighted by Crippen LogP contribution is 2.31. The molecule has 3 heterocycles. The van der Waals surface area contributed by atoms with Crippen molar-refractivity contribution < 1.29 is 0 Å². The van der Waals surface area contributed by atoms with E-state index in [-0.39, 0.29) is 0 Å². The van der Waals surface area contributed by atoms with Crippen LogP contribution in [0.4, 0.5) is 11.4 Å². The van der Waals surface area contributed by atoms with Gasteiger partial charge in [0.1, 0.15) is 0 Å². The average molecular weight is 339 g/mol. The number of nitrogens with zero attached hydrogens (tertiary/aromatic N) is 4. The summed E-state index contributed by atoms with van der Waals surface area (Å²) in [5.41, 5.74) is 3.32. The molecule has 1 saturated heterocycles. The summed E-state index contributed by atoms with van der Waals surface area (Å²) >= 11 is 6.30. The van der Waals surface area contributed by atoms with Crippen LogP contribution in [0.1, 0.15) is 6.92 Å². The monoisotopic (exact) mass is 338 g/mol. The molecule has 1 unspecified atom stereocenters. The summed E-state index contributed by atoms with van der Waals surface area (Å²) in [6, 6.07) is 12.7. The van der Waals surface area contributed by atoms with Crippen molar-refractivity contribution in [3.63, 3.8) is 0 Å². The second kappa shape index (κ2) is 6.29. The van der Waals surface area contributed by atoms with Gasteiger partial charge in [0.15, 0.2) is 0 Å². The third-order valence-electron chi connectivity index (χ3n) is 4.66. The number of anilines is 2. The maximum atomic E-state index is 6.30. The summed E-state index contributed by atoms with van der Waals surface area (Å²) in [4.78, 5) is 13.4. The van der Waals surface area contributed by atoms with E-state index in [0.717, 1.165) is 30.5 Å². The number of rotatable bonds is 2. The number of piperazine rings is 1. The molecule has 0 radical (unpaired) electrons. The van der Waals surface area contributed by atoms with Crippen molar-refractivity contribution in [1.82, 2.24) is 9.97 Å². The van der Waals surface area contributed by atoms with E-state index in [0.29, 0.717) is 11.1 Å². The SMILES string of the molecule is CC1CN(c2ccnc3c(Cl)cccc23)CCN1c1ccncc1. The molecule has 1 atom stereocenters. The van der Waals surface area contributed by atoms with Crippen LogP contribution >= 0.6 is 11.6 Å². The van der Waals surface area contributed by atoms with E-state index in [1.807, 2.05) is 30.7 Å². The molecule has 0 spiro atoms. The third kappa shape index (κ3) is 2.67.